The Morgan fingerprint density at radius 2 is 1.68 bits per heavy atom. The minimum absolute atomic E-state index is 0.149. The van der Waals surface area contributed by atoms with Crippen molar-refractivity contribution in [3.05, 3.63) is 60.2 Å². The van der Waals surface area contributed by atoms with Crippen LogP contribution < -0.4 is 4.90 Å². The molecule has 1 heterocycles. The Morgan fingerprint density at radius 1 is 1.00 bits per heavy atom. The summed E-state index contributed by atoms with van der Waals surface area (Å²) in [5.74, 6) is 0.203. The number of thioether (sulfide) groups is 1. The molecular weight excluding hydrogens is 328 g/mol. The Hall–Kier alpha value is -1.78. The van der Waals surface area contributed by atoms with E-state index in [-0.39, 0.29) is 11.2 Å². The lowest BCUT2D eigenvalue weighted by Crippen LogP contribution is -2.39. The summed E-state index contributed by atoms with van der Waals surface area (Å²) in [4.78, 5) is 18.8. The molecule has 0 N–H and O–H groups in total. The van der Waals surface area contributed by atoms with E-state index in [1.807, 2.05) is 29.2 Å². The maximum absolute atomic E-state index is 13.2. The molecule has 3 nitrogen and oxygen atoms in total. The minimum Gasteiger partial charge on any atom is -0.310 e. The average Bonchev–Trinajstić information content (AvgIpc) is 2.67. The van der Waals surface area contributed by atoms with Crippen molar-refractivity contribution in [3.63, 3.8) is 0 Å². The van der Waals surface area contributed by atoms with Gasteiger partial charge in [-0.15, -0.1) is 11.8 Å². The second-order valence-electron chi connectivity index (χ2n) is 6.25. The number of benzene rings is 2. The van der Waals surface area contributed by atoms with E-state index in [9.17, 15) is 4.79 Å². The zero-order chi connectivity index (χ0) is 17.6. The van der Waals surface area contributed by atoms with Crippen molar-refractivity contribution in [1.82, 2.24) is 4.90 Å². The van der Waals surface area contributed by atoms with Crippen LogP contribution in [0.1, 0.15) is 31.1 Å². The fourth-order valence-electron chi connectivity index (χ4n) is 3.28. The van der Waals surface area contributed by atoms with E-state index >= 15 is 0 Å². The SMILES string of the molecule is CCN(CC)CCCN1C(=O)C(c2ccccc2)Sc2ccccc21. The van der Waals surface area contributed by atoms with Gasteiger partial charge in [0.05, 0.1) is 5.69 Å². The van der Waals surface area contributed by atoms with Crippen molar-refractivity contribution in [1.29, 1.82) is 0 Å². The van der Waals surface area contributed by atoms with Crippen LogP contribution >= 0.6 is 11.8 Å². The maximum atomic E-state index is 13.2. The highest BCUT2D eigenvalue weighted by Gasteiger charge is 2.34. The molecule has 0 bridgehead atoms. The molecule has 1 unspecified atom stereocenters. The van der Waals surface area contributed by atoms with Crippen molar-refractivity contribution in [2.24, 2.45) is 0 Å². The Balaban J connectivity index is 1.81. The molecule has 1 atom stereocenters. The third-order valence-corrected chi connectivity index (χ3v) is 6.05. The Bertz CT molecular complexity index is 700. The lowest BCUT2D eigenvalue weighted by atomic mass is 10.1. The van der Waals surface area contributed by atoms with Crippen LogP contribution in [-0.2, 0) is 4.79 Å². The fourth-order valence-corrected chi connectivity index (χ4v) is 4.51. The summed E-state index contributed by atoms with van der Waals surface area (Å²) in [6, 6.07) is 18.4. The van der Waals surface area contributed by atoms with Crippen LogP contribution in [0.3, 0.4) is 0 Å². The first-order chi connectivity index (χ1) is 12.2. The third-order valence-electron chi connectivity index (χ3n) is 4.74. The predicted molar refractivity (Wildman–Crippen MR) is 106 cm³/mol. The molecule has 0 radical (unpaired) electrons. The lowest BCUT2D eigenvalue weighted by molar-refractivity contribution is -0.118. The maximum Gasteiger partial charge on any atom is 0.245 e. The third kappa shape index (κ3) is 4.07. The first-order valence-corrected chi connectivity index (χ1v) is 9.97. The van der Waals surface area contributed by atoms with Crippen LogP contribution in [0, 0.1) is 0 Å². The molecule has 0 fully saturated rings. The van der Waals surface area contributed by atoms with Gasteiger partial charge in [-0.3, -0.25) is 4.79 Å². The highest BCUT2D eigenvalue weighted by atomic mass is 32.2. The van der Waals surface area contributed by atoms with E-state index < -0.39 is 0 Å². The molecule has 1 aliphatic heterocycles. The second-order valence-corrected chi connectivity index (χ2v) is 7.39. The van der Waals surface area contributed by atoms with E-state index in [2.05, 4.69) is 49.1 Å². The van der Waals surface area contributed by atoms with Crippen molar-refractivity contribution < 1.29 is 4.79 Å². The largest absolute Gasteiger partial charge is 0.310 e. The van der Waals surface area contributed by atoms with E-state index in [1.54, 1.807) is 11.8 Å². The summed E-state index contributed by atoms with van der Waals surface area (Å²) in [5, 5.41) is -0.149. The summed E-state index contributed by atoms with van der Waals surface area (Å²) in [6.07, 6.45) is 0.994. The molecule has 1 amide bonds. The molecule has 4 heteroatoms. The van der Waals surface area contributed by atoms with Crippen LogP contribution in [0.15, 0.2) is 59.5 Å². The number of para-hydroxylation sites is 1. The number of carbonyl (C=O) groups excluding carboxylic acids is 1. The molecule has 0 aromatic heterocycles. The molecule has 2 aromatic rings. The molecule has 0 saturated heterocycles. The number of hydrogen-bond acceptors (Lipinski definition) is 3. The zero-order valence-corrected chi connectivity index (χ0v) is 15.8. The van der Waals surface area contributed by atoms with Crippen molar-refractivity contribution >= 4 is 23.4 Å². The van der Waals surface area contributed by atoms with Gasteiger partial charge in [-0.2, -0.15) is 0 Å². The predicted octanol–water partition coefficient (Wildman–Crippen LogP) is 4.60. The zero-order valence-electron chi connectivity index (χ0n) is 15.0. The number of amides is 1. The molecule has 3 rings (SSSR count). The highest BCUT2D eigenvalue weighted by molar-refractivity contribution is 8.00. The first kappa shape index (κ1) is 18.0. The smallest absolute Gasteiger partial charge is 0.245 e. The Kier molecular flexibility index (Phi) is 6.16. The van der Waals surface area contributed by atoms with Crippen molar-refractivity contribution in [3.8, 4) is 0 Å². The van der Waals surface area contributed by atoms with Gasteiger partial charge in [-0.25, -0.2) is 0 Å². The van der Waals surface area contributed by atoms with Crippen LogP contribution in [-0.4, -0.2) is 37.0 Å². The summed E-state index contributed by atoms with van der Waals surface area (Å²) < 4.78 is 0. The molecule has 132 valence electrons. The molecule has 25 heavy (non-hydrogen) atoms. The molecular formula is C21H26N2OS. The number of hydrogen-bond donors (Lipinski definition) is 0. The minimum atomic E-state index is -0.149. The van der Waals surface area contributed by atoms with E-state index in [0.717, 1.165) is 43.9 Å². The Labute approximate surface area is 155 Å². The van der Waals surface area contributed by atoms with Crippen LogP contribution in [0.5, 0.6) is 0 Å². The summed E-state index contributed by atoms with van der Waals surface area (Å²) in [7, 11) is 0. The van der Waals surface area contributed by atoms with Gasteiger partial charge < -0.3 is 9.80 Å². The molecule has 0 spiro atoms. The van der Waals surface area contributed by atoms with Crippen molar-refractivity contribution in [2.75, 3.05) is 31.1 Å². The van der Waals surface area contributed by atoms with Crippen LogP contribution in [0.2, 0.25) is 0 Å². The average molecular weight is 355 g/mol. The molecule has 0 aliphatic carbocycles. The van der Waals surface area contributed by atoms with E-state index in [4.69, 9.17) is 0 Å². The van der Waals surface area contributed by atoms with Gasteiger partial charge in [0.25, 0.3) is 0 Å². The topological polar surface area (TPSA) is 23.6 Å². The fraction of sp³-hybridized carbons (Fsp3) is 0.381. The summed E-state index contributed by atoms with van der Waals surface area (Å²) in [5.41, 5.74) is 2.14. The number of rotatable bonds is 7. The first-order valence-electron chi connectivity index (χ1n) is 9.09. The number of carbonyl (C=O) groups is 1. The van der Waals surface area contributed by atoms with Gasteiger partial charge in [0.15, 0.2) is 0 Å². The molecule has 0 saturated carbocycles. The molecule has 2 aromatic carbocycles. The lowest BCUT2D eigenvalue weighted by Gasteiger charge is -2.34. The van der Waals surface area contributed by atoms with E-state index in [0.29, 0.717) is 0 Å². The Morgan fingerprint density at radius 3 is 2.40 bits per heavy atom. The highest BCUT2D eigenvalue weighted by Crippen LogP contribution is 2.46. The van der Waals surface area contributed by atoms with Crippen LogP contribution in [0.25, 0.3) is 0 Å². The number of anilines is 1. The number of nitrogens with zero attached hydrogens (tertiary/aromatic N) is 2. The number of fused-ring (bicyclic) bond motifs is 1. The normalized spacial score (nSPS) is 17.0. The van der Waals surface area contributed by atoms with Crippen LogP contribution in [0.4, 0.5) is 5.69 Å². The van der Waals surface area contributed by atoms with Crippen molar-refractivity contribution in [2.45, 2.75) is 30.4 Å². The monoisotopic (exact) mass is 354 g/mol. The second kappa shape index (κ2) is 8.54. The van der Waals surface area contributed by atoms with Gasteiger partial charge in [0, 0.05) is 11.4 Å². The van der Waals surface area contributed by atoms with Gasteiger partial charge in [-0.1, -0.05) is 56.3 Å². The van der Waals surface area contributed by atoms with E-state index in [1.165, 1.54) is 4.90 Å². The summed E-state index contributed by atoms with van der Waals surface area (Å²) in [6.45, 7) is 8.30. The van der Waals surface area contributed by atoms with Gasteiger partial charge in [-0.05, 0) is 43.8 Å². The van der Waals surface area contributed by atoms with Gasteiger partial charge >= 0.3 is 0 Å². The molecule has 1 aliphatic rings. The van der Waals surface area contributed by atoms with Gasteiger partial charge in [0.2, 0.25) is 5.91 Å². The van der Waals surface area contributed by atoms with Gasteiger partial charge in [0.1, 0.15) is 5.25 Å². The quantitative estimate of drug-likeness (QED) is 0.726. The summed E-state index contributed by atoms with van der Waals surface area (Å²) >= 11 is 1.67. The standard InChI is InChI=1S/C21H26N2OS/c1-3-22(4-2)15-10-16-23-18-13-8-9-14-19(18)25-20(21(23)24)17-11-6-5-7-12-17/h5-9,11-14,20H,3-4,10,15-16H2,1-2H3.